The second kappa shape index (κ2) is 5.34. The van der Waals surface area contributed by atoms with Crippen molar-refractivity contribution in [2.45, 2.75) is 58.8 Å². The molecular weight excluding hydrogens is 228 g/mol. The van der Waals surface area contributed by atoms with Crippen LogP contribution in [0.25, 0.3) is 0 Å². The predicted molar refractivity (Wildman–Crippen MR) is 73.6 cm³/mol. The summed E-state index contributed by atoms with van der Waals surface area (Å²) in [7, 11) is 0. The van der Waals surface area contributed by atoms with Crippen LogP contribution in [0.4, 0.5) is 0 Å². The number of carbonyl (C=O) groups is 1. The van der Waals surface area contributed by atoms with E-state index in [1.807, 2.05) is 0 Å². The minimum absolute atomic E-state index is 0.0331. The van der Waals surface area contributed by atoms with Crippen LogP contribution in [0.3, 0.4) is 0 Å². The molecule has 0 N–H and O–H groups in total. The summed E-state index contributed by atoms with van der Waals surface area (Å²) in [6.45, 7) is 4.34. The molecule has 17 heavy (non-hydrogen) atoms. The van der Waals surface area contributed by atoms with E-state index in [1.54, 1.807) is 11.3 Å². The summed E-state index contributed by atoms with van der Waals surface area (Å²) in [5, 5.41) is 0. The molecule has 2 rings (SSSR count). The highest BCUT2D eigenvalue weighted by Crippen LogP contribution is 2.37. The van der Waals surface area contributed by atoms with E-state index in [2.05, 4.69) is 26.0 Å². The summed E-state index contributed by atoms with van der Waals surface area (Å²) in [5.41, 5.74) is -0.0331. The van der Waals surface area contributed by atoms with Gasteiger partial charge < -0.3 is 0 Å². The fraction of sp³-hybridized carbons (Fsp3) is 0.667. The lowest BCUT2D eigenvalue weighted by Crippen LogP contribution is -2.31. The Morgan fingerprint density at radius 2 is 1.88 bits per heavy atom. The fourth-order valence-electron chi connectivity index (χ4n) is 2.69. The minimum atomic E-state index is -0.0331. The third kappa shape index (κ3) is 2.98. The number of carbonyl (C=O) groups excluding carboxylic acids is 1. The SMILES string of the molecule is CCc1ccc(CC(=O)C2(C)CCCCC2)s1. The average Bonchev–Trinajstić information content (AvgIpc) is 2.78. The van der Waals surface area contributed by atoms with Gasteiger partial charge in [0.25, 0.3) is 0 Å². The van der Waals surface area contributed by atoms with E-state index in [9.17, 15) is 4.79 Å². The monoisotopic (exact) mass is 250 g/mol. The minimum Gasteiger partial charge on any atom is -0.299 e. The molecule has 0 radical (unpaired) electrons. The number of rotatable bonds is 4. The second-order valence-corrected chi connectivity index (χ2v) is 6.70. The van der Waals surface area contributed by atoms with Crippen molar-refractivity contribution in [2.24, 2.45) is 5.41 Å². The zero-order chi connectivity index (χ0) is 12.3. The van der Waals surface area contributed by atoms with E-state index in [-0.39, 0.29) is 5.41 Å². The second-order valence-electron chi connectivity index (χ2n) is 5.44. The van der Waals surface area contributed by atoms with Crippen LogP contribution in [0, 0.1) is 5.41 Å². The fourth-order valence-corrected chi connectivity index (χ4v) is 3.65. The van der Waals surface area contributed by atoms with Crippen molar-refractivity contribution in [3.63, 3.8) is 0 Å². The summed E-state index contributed by atoms with van der Waals surface area (Å²) in [6, 6.07) is 4.30. The van der Waals surface area contributed by atoms with Crippen LogP contribution in [0.1, 0.15) is 55.7 Å². The van der Waals surface area contributed by atoms with Crippen molar-refractivity contribution in [2.75, 3.05) is 0 Å². The highest BCUT2D eigenvalue weighted by atomic mass is 32.1. The third-order valence-electron chi connectivity index (χ3n) is 4.03. The molecule has 1 aliphatic carbocycles. The number of thiophene rings is 1. The maximum absolute atomic E-state index is 12.4. The van der Waals surface area contributed by atoms with Crippen molar-refractivity contribution in [3.05, 3.63) is 21.9 Å². The van der Waals surface area contributed by atoms with Gasteiger partial charge in [0.05, 0.1) is 0 Å². The van der Waals surface area contributed by atoms with Gasteiger partial charge in [-0.2, -0.15) is 0 Å². The molecule has 0 aromatic carbocycles. The number of hydrogen-bond acceptors (Lipinski definition) is 2. The quantitative estimate of drug-likeness (QED) is 0.774. The molecule has 0 bridgehead atoms. The van der Waals surface area contributed by atoms with Gasteiger partial charge in [0, 0.05) is 21.6 Å². The lowest BCUT2D eigenvalue weighted by Gasteiger charge is -2.31. The molecule has 1 saturated carbocycles. The molecule has 0 atom stereocenters. The molecule has 1 aromatic heterocycles. The van der Waals surface area contributed by atoms with Gasteiger partial charge in [-0.3, -0.25) is 4.79 Å². The first-order valence-corrected chi connectivity index (χ1v) is 7.56. The van der Waals surface area contributed by atoms with Gasteiger partial charge in [-0.15, -0.1) is 11.3 Å². The number of hydrogen-bond donors (Lipinski definition) is 0. The standard InChI is InChI=1S/C15H22OS/c1-3-12-7-8-13(17-12)11-14(16)15(2)9-5-4-6-10-15/h7-8H,3-6,9-11H2,1-2H3. The lowest BCUT2D eigenvalue weighted by atomic mass is 9.72. The third-order valence-corrected chi connectivity index (χ3v) is 5.26. The molecule has 0 unspecified atom stereocenters. The van der Waals surface area contributed by atoms with Gasteiger partial charge in [-0.05, 0) is 31.4 Å². The van der Waals surface area contributed by atoms with Crippen LogP contribution in [0.15, 0.2) is 12.1 Å². The molecule has 1 aliphatic rings. The van der Waals surface area contributed by atoms with E-state index in [4.69, 9.17) is 0 Å². The van der Waals surface area contributed by atoms with Crippen molar-refractivity contribution < 1.29 is 4.79 Å². The first-order chi connectivity index (χ1) is 8.14. The Hall–Kier alpha value is -0.630. The molecule has 0 spiro atoms. The largest absolute Gasteiger partial charge is 0.299 e. The summed E-state index contributed by atoms with van der Waals surface area (Å²) in [4.78, 5) is 15.0. The van der Waals surface area contributed by atoms with Gasteiger partial charge in [0.15, 0.2) is 0 Å². The van der Waals surface area contributed by atoms with Gasteiger partial charge >= 0.3 is 0 Å². The highest BCUT2D eigenvalue weighted by molar-refractivity contribution is 7.12. The topological polar surface area (TPSA) is 17.1 Å². The molecule has 1 heterocycles. The highest BCUT2D eigenvalue weighted by Gasteiger charge is 2.33. The molecular formula is C15H22OS. The van der Waals surface area contributed by atoms with E-state index in [1.165, 1.54) is 29.0 Å². The zero-order valence-corrected chi connectivity index (χ0v) is 11.7. The lowest BCUT2D eigenvalue weighted by molar-refractivity contribution is -0.128. The van der Waals surface area contributed by atoms with E-state index in [0.717, 1.165) is 19.3 Å². The summed E-state index contributed by atoms with van der Waals surface area (Å²) in [5.74, 6) is 0.460. The van der Waals surface area contributed by atoms with Crippen molar-refractivity contribution in [1.29, 1.82) is 0 Å². The molecule has 2 heteroatoms. The van der Waals surface area contributed by atoms with Crippen molar-refractivity contribution in [3.8, 4) is 0 Å². The van der Waals surface area contributed by atoms with Crippen LogP contribution < -0.4 is 0 Å². The Labute approximate surface area is 108 Å². The first kappa shape index (κ1) is 12.8. The predicted octanol–water partition coefficient (Wildman–Crippen LogP) is 4.39. The van der Waals surface area contributed by atoms with Crippen LogP contribution in [0.5, 0.6) is 0 Å². The van der Waals surface area contributed by atoms with Gasteiger partial charge in [-0.25, -0.2) is 0 Å². The molecule has 0 amide bonds. The Kier molecular flexibility index (Phi) is 4.03. The van der Waals surface area contributed by atoms with Crippen LogP contribution >= 0.6 is 11.3 Å². The van der Waals surface area contributed by atoms with E-state index >= 15 is 0 Å². The first-order valence-electron chi connectivity index (χ1n) is 6.75. The van der Waals surface area contributed by atoms with Crippen molar-refractivity contribution >= 4 is 17.1 Å². The molecule has 1 nitrogen and oxygen atoms in total. The van der Waals surface area contributed by atoms with Gasteiger partial charge in [0.1, 0.15) is 5.78 Å². The molecule has 0 aliphatic heterocycles. The molecule has 1 fully saturated rings. The number of aryl methyl sites for hydroxylation is 1. The summed E-state index contributed by atoms with van der Waals surface area (Å²) >= 11 is 1.80. The van der Waals surface area contributed by atoms with E-state index in [0.29, 0.717) is 12.2 Å². The Balaban J connectivity index is 2.00. The Morgan fingerprint density at radius 3 is 2.47 bits per heavy atom. The smallest absolute Gasteiger partial charge is 0.143 e. The Morgan fingerprint density at radius 1 is 1.24 bits per heavy atom. The van der Waals surface area contributed by atoms with Crippen LogP contribution in [0.2, 0.25) is 0 Å². The van der Waals surface area contributed by atoms with Crippen LogP contribution in [-0.2, 0) is 17.6 Å². The summed E-state index contributed by atoms with van der Waals surface area (Å²) < 4.78 is 0. The average molecular weight is 250 g/mol. The van der Waals surface area contributed by atoms with E-state index < -0.39 is 0 Å². The molecule has 94 valence electrons. The van der Waals surface area contributed by atoms with Crippen LogP contribution in [-0.4, -0.2) is 5.78 Å². The number of Topliss-reactive ketones (excluding diaryl/α,β-unsaturated/α-hetero) is 1. The van der Waals surface area contributed by atoms with Crippen molar-refractivity contribution in [1.82, 2.24) is 0 Å². The zero-order valence-electron chi connectivity index (χ0n) is 10.9. The molecule has 0 saturated heterocycles. The normalized spacial score (nSPS) is 19.2. The molecule has 1 aromatic rings. The van der Waals surface area contributed by atoms with Gasteiger partial charge in [0.2, 0.25) is 0 Å². The maximum Gasteiger partial charge on any atom is 0.143 e. The number of ketones is 1. The summed E-state index contributed by atoms with van der Waals surface area (Å²) in [6.07, 6.45) is 7.69. The van der Waals surface area contributed by atoms with Gasteiger partial charge in [-0.1, -0.05) is 33.1 Å². The Bertz CT molecular complexity index is 385. The maximum atomic E-state index is 12.4.